The fourth-order valence-corrected chi connectivity index (χ4v) is 2.90. The maximum absolute atomic E-state index is 12.9. The molecule has 1 aliphatic heterocycles. The van der Waals surface area contributed by atoms with Gasteiger partial charge in [-0.3, -0.25) is 4.79 Å². The van der Waals surface area contributed by atoms with Crippen LogP contribution >= 0.6 is 0 Å². The number of aryl methyl sites for hydroxylation is 1. The number of benzene rings is 1. The van der Waals surface area contributed by atoms with E-state index in [-0.39, 0.29) is 12.1 Å². The van der Waals surface area contributed by atoms with Crippen molar-refractivity contribution in [1.82, 2.24) is 10.2 Å². The number of aliphatic carboxylic acids is 1. The first-order valence-corrected chi connectivity index (χ1v) is 7.79. The van der Waals surface area contributed by atoms with E-state index in [1.165, 1.54) is 13.0 Å². The topological polar surface area (TPSA) is 69.6 Å². The molecule has 27 heavy (non-hydrogen) atoms. The van der Waals surface area contributed by atoms with Crippen molar-refractivity contribution in [3.8, 4) is 0 Å². The molecule has 1 fully saturated rings. The molecule has 2 amide bonds. The molecule has 150 valence electrons. The summed E-state index contributed by atoms with van der Waals surface area (Å²) < 4.78 is 76.7. The van der Waals surface area contributed by atoms with Gasteiger partial charge in [-0.05, 0) is 30.2 Å². The van der Waals surface area contributed by atoms with Crippen LogP contribution in [0.2, 0.25) is 0 Å². The molecule has 2 N–H and O–H groups in total. The van der Waals surface area contributed by atoms with Crippen molar-refractivity contribution in [1.29, 1.82) is 0 Å². The Bertz CT molecular complexity index is 732. The molecule has 5 nitrogen and oxygen atoms in total. The van der Waals surface area contributed by atoms with E-state index < -0.39 is 54.8 Å². The van der Waals surface area contributed by atoms with E-state index in [0.29, 0.717) is 5.56 Å². The van der Waals surface area contributed by atoms with Crippen LogP contribution in [0, 0.1) is 18.8 Å². The molecular weight excluding hydrogens is 382 g/mol. The molecule has 11 heteroatoms. The zero-order valence-electron chi connectivity index (χ0n) is 14.0. The molecule has 0 bridgehead atoms. The summed E-state index contributed by atoms with van der Waals surface area (Å²) in [5.41, 5.74) is -0.243. The van der Waals surface area contributed by atoms with Crippen LogP contribution in [0.25, 0.3) is 0 Å². The number of nitrogens with one attached hydrogen (secondary N) is 1. The number of amides is 2. The van der Waals surface area contributed by atoms with Gasteiger partial charge in [-0.15, -0.1) is 0 Å². The lowest BCUT2D eigenvalue weighted by atomic mass is 9.96. The quantitative estimate of drug-likeness (QED) is 0.767. The van der Waals surface area contributed by atoms with Crippen molar-refractivity contribution >= 4 is 12.0 Å². The molecule has 0 radical (unpaired) electrons. The average Bonchev–Trinajstić information content (AvgIpc) is 2.98. The van der Waals surface area contributed by atoms with Crippen LogP contribution in [0.1, 0.15) is 16.7 Å². The lowest BCUT2D eigenvalue weighted by Gasteiger charge is -2.19. The van der Waals surface area contributed by atoms with Gasteiger partial charge in [0, 0.05) is 19.6 Å². The number of carbonyl (C=O) groups is 2. The van der Waals surface area contributed by atoms with E-state index in [4.69, 9.17) is 5.11 Å². The zero-order chi connectivity index (χ0) is 20.6. The molecule has 1 saturated heterocycles. The smallest absolute Gasteiger partial charge is 0.416 e. The SMILES string of the molecule is Cc1cc(C(F)(F)F)ccc1CNC(=O)N1C[C@@H](C(F)(F)F)[C@H](C(=O)O)C1. The van der Waals surface area contributed by atoms with Crippen LogP contribution in [0.5, 0.6) is 0 Å². The predicted octanol–water partition coefficient (Wildman–Crippen LogP) is 3.42. The minimum atomic E-state index is -4.76. The molecule has 2 rings (SSSR count). The summed E-state index contributed by atoms with van der Waals surface area (Å²) in [7, 11) is 0. The summed E-state index contributed by atoms with van der Waals surface area (Å²) in [6.07, 6.45) is -9.28. The van der Waals surface area contributed by atoms with Crippen molar-refractivity contribution in [2.75, 3.05) is 13.1 Å². The van der Waals surface area contributed by atoms with E-state index in [1.807, 2.05) is 0 Å². The molecule has 0 aliphatic carbocycles. The first-order chi connectivity index (χ1) is 12.3. The Balaban J connectivity index is 2.03. The molecular formula is C16H16F6N2O3. The lowest BCUT2D eigenvalue weighted by molar-refractivity contribution is -0.187. The van der Waals surface area contributed by atoms with Gasteiger partial charge in [-0.25, -0.2) is 4.79 Å². The minimum absolute atomic E-state index is 0.201. The van der Waals surface area contributed by atoms with Gasteiger partial charge in [0.1, 0.15) is 0 Å². The number of hydrogen-bond acceptors (Lipinski definition) is 2. The van der Waals surface area contributed by atoms with Gasteiger partial charge in [0.2, 0.25) is 0 Å². The van der Waals surface area contributed by atoms with E-state index in [2.05, 4.69) is 5.32 Å². The third-order valence-corrected chi connectivity index (χ3v) is 4.44. The highest BCUT2D eigenvalue weighted by Gasteiger charge is 2.53. The maximum Gasteiger partial charge on any atom is 0.416 e. The van der Waals surface area contributed by atoms with Crippen molar-refractivity contribution in [2.24, 2.45) is 11.8 Å². The number of nitrogens with zero attached hydrogens (tertiary/aromatic N) is 1. The second-order valence-electron chi connectivity index (χ2n) is 6.30. The molecule has 1 heterocycles. The number of carboxylic acid groups (broad SMARTS) is 1. The second kappa shape index (κ2) is 7.28. The van der Waals surface area contributed by atoms with Crippen LogP contribution in [0.15, 0.2) is 18.2 Å². The van der Waals surface area contributed by atoms with E-state index in [9.17, 15) is 35.9 Å². The predicted molar refractivity (Wildman–Crippen MR) is 80.7 cm³/mol. The van der Waals surface area contributed by atoms with Crippen LogP contribution in [-0.2, 0) is 17.5 Å². The first kappa shape index (κ1) is 20.8. The fraction of sp³-hybridized carbons (Fsp3) is 0.500. The molecule has 0 aromatic heterocycles. The van der Waals surface area contributed by atoms with Gasteiger partial charge in [-0.1, -0.05) is 6.07 Å². The van der Waals surface area contributed by atoms with Crippen LogP contribution in [-0.4, -0.2) is 41.3 Å². The fourth-order valence-electron chi connectivity index (χ4n) is 2.90. The third-order valence-electron chi connectivity index (χ3n) is 4.44. The summed E-state index contributed by atoms with van der Waals surface area (Å²) in [6.45, 7) is -0.184. The van der Waals surface area contributed by atoms with Gasteiger partial charge in [-0.2, -0.15) is 26.3 Å². The third kappa shape index (κ3) is 4.83. The van der Waals surface area contributed by atoms with Gasteiger partial charge < -0.3 is 15.3 Å². The number of carboxylic acids is 1. The Kier molecular flexibility index (Phi) is 5.62. The number of hydrogen-bond donors (Lipinski definition) is 2. The van der Waals surface area contributed by atoms with Crippen LogP contribution in [0.4, 0.5) is 31.1 Å². The van der Waals surface area contributed by atoms with Crippen LogP contribution in [0.3, 0.4) is 0 Å². The lowest BCUT2D eigenvalue weighted by Crippen LogP contribution is -2.39. The highest BCUT2D eigenvalue weighted by molar-refractivity contribution is 5.77. The largest absolute Gasteiger partial charge is 0.481 e. The Hall–Kier alpha value is -2.46. The maximum atomic E-state index is 12.9. The molecule has 0 saturated carbocycles. The first-order valence-electron chi connectivity index (χ1n) is 7.79. The number of halogens is 6. The Labute approximate surface area is 149 Å². The molecule has 1 aromatic carbocycles. The van der Waals surface area contributed by atoms with E-state index >= 15 is 0 Å². The van der Waals surface area contributed by atoms with Gasteiger partial charge >= 0.3 is 24.4 Å². The highest BCUT2D eigenvalue weighted by Crippen LogP contribution is 2.37. The average molecular weight is 398 g/mol. The standard InChI is InChI=1S/C16H16F6N2O3/c1-8-4-10(15(17,18)19)3-2-9(8)5-23-14(27)24-6-11(13(25)26)12(7-24)16(20,21)22/h2-4,11-12H,5-7H2,1H3,(H,23,27)(H,25,26)/t11-,12-/m1/s1. The van der Waals surface area contributed by atoms with Gasteiger partial charge in [0.15, 0.2) is 0 Å². The van der Waals surface area contributed by atoms with Crippen molar-refractivity contribution in [2.45, 2.75) is 25.8 Å². The Morgan fingerprint density at radius 2 is 1.81 bits per heavy atom. The second-order valence-corrected chi connectivity index (χ2v) is 6.30. The molecule has 0 unspecified atom stereocenters. The number of carbonyl (C=O) groups excluding carboxylic acids is 1. The number of alkyl halides is 6. The van der Waals surface area contributed by atoms with Gasteiger partial charge in [0.25, 0.3) is 0 Å². The normalized spacial score (nSPS) is 20.6. The van der Waals surface area contributed by atoms with E-state index in [1.54, 1.807) is 0 Å². The van der Waals surface area contributed by atoms with E-state index in [0.717, 1.165) is 17.0 Å². The summed E-state index contributed by atoms with van der Waals surface area (Å²) in [5.74, 6) is -5.58. The zero-order valence-corrected chi connectivity index (χ0v) is 14.0. The van der Waals surface area contributed by atoms with Crippen LogP contribution < -0.4 is 5.32 Å². The number of likely N-dealkylation sites (tertiary alicyclic amines) is 1. The molecule has 0 spiro atoms. The highest BCUT2D eigenvalue weighted by atomic mass is 19.4. The Morgan fingerprint density at radius 1 is 1.19 bits per heavy atom. The number of urea groups is 1. The minimum Gasteiger partial charge on any atom is -0.481 e. The summed E-state index contributed by atoms with van der Waals surface area (Å²) >= 11 is 0. The van der Waals surface area contributed by atoms with Crippen molar-refractivity contribution < 1.29 is 41.0 Å². The van der Waals surface area contributed by atoms with Crippen molar-refractivity contribution in [3.05, 3.63) is 34.9 Å². The summed E-state index contributed by atoms with van der Waals surface area (Å²) in [5, 5.41) is 11.2. The summed E-state index contributed by atoms with van der Waals surface area (Å²) in [4.78, 5) is 23.8. The van der Waals surface area contributed by atoms with Gasteiger partial charge in [0.05, 0.1) is 17.4 Å². The van der Waals surface area contributed by atoms with Crippen molar-refractivity contribution in [3.63, 3.8) is 0 Å². The molecule has 1 aliphatic rings. The molecule has 2 atom stereocenters. The Morgan fingerprint density at radius 3 is 2.26 bits per heavy atom. The summed E-state index contributed by atoms with van der Waals surface area (Å²) in [6, 6.07) is 2.00. The number of rotatable bonds is 3. The molecule has 1 aromatic rings. The monoisotopic (exact) mass is 398 g/mol.